The molecule has 1 aromatic carbocycles. The van der Waals surface area contributed by atoms with Crippen molar-refractivity contribution in [1.82, 2.24) is 0 Å². The van der Waals surface area contributed by atoms with E-state index >= 15 is 0 Å². The van der Waals surface area contributed by atoms with Crippen LogP contribution < -0.4 is 9.47 Å². The molecule has 0 bridgehead atoms. The van der Waals surface area contributed by atoms with E-state index in [1.807, 2.05) is 0 Å². The molecular formula is C16H19NO3. The van der Waals surface area contributed by atoms with E-state index in [0.29, 0.717) is 17.1 Å². The summed E-state index contributed by atoms with van der Waals surface area (Å²) in [6.07, 6.45) is 3.93. The van der Waals surface area contributed by atoms with E-state index in [-0.39, 0.29) is 11.7 Å². The predicted octanol–water partition coefficient (Wildman–Crippen LogP) is 3.07. The van der Waals surface area contributed by atoms with Gasteiger partial charge in [0.15, 0.2) is 5.78 Å². The molecule has 4 heteroatoms. The Kier molecular flexibility index (Phi) is 4.62. The minimum Gasteiger partial charge on any atom is -0.497 e. The molecule has 4 nitrogen and oxygen atoms in total. The maximum atomic E-state index is 12.5. The van der Waals surface area contributed by atoms with Gasteiger partial charge in [0.05, 0.1) is 20.3 Å². The number of methoxy groups -OCH3 is 2. The van der Waals surface area contributed by atoms with Crippen molar-refractivity contribution in [2.24, 2.45) is 5.92 Å². The van der Waals surface area contributed by atoms with Gasteiger partial charge in [-0.25, -0.2) is 0 Å². The molecule has 1 aromatic rings. The van der Waals surface area contributed by atoms with Gasteiger partial charge in [-0.15, -0.1) is 0 Å². The van der Waals surface area contributed by atoms with Crippen molar-refractivity contribution in [2.75, 3.05) is 14.2 Å². The number of hydrogen-bond acceptors (Lipinski definition) is 4. The number of Topliss-reactive ketones (excluding diaryl/α,β-unsaturated/α-hetero) is 1. The Morgan fingerprint density at radius 2 is 2.00 bits per heavy atom. The molecular weight excluding hydrogens is 254 g/mol. The molecule has 0 heterocycles. The maximum absolute atomic E-state index is 12.5. The first-order valence-corrected chi connectivity index (χ1v) is 6.86. The second kappa shape index (κ2) is 6.42. The van der Waals surface area contributed by atoms with Crippen LogP contribution in [0.1, 0.15) is 37.2 Å². The van der Waals surface area contributed by atoms with Crippen molar-refractivity contribution >= 4 is 5.78 Å². The van der Waals surface area contributed by atoms with Crippen LogP contribution >= 0.6 is 0 Å². The van der Waals surface area contributed by atoms with Gasteiger partial charge in [-0.05, 0) is 31.0 Å². The molecule has 1 fully saturated rings. The molecule has 0 amide bonds. The quantitative estimate of drug-likeness (QED) is 0.827. The van der Waals surface area contributed by atoms with Crippen molar-refractivity contribution in [2.45, 2.75) is 31.6 Å². The Labute approximate surface area is 119 Å². The number of nitriles is 1. The largest absolute Gasteiger partial charge is 0.497 e. The molecule has 0 radical (unpaired) electrons. The van der Waals surface area contributed by atoms with Crippen LogP contribution in [0.2, 0.25) is 0 Å². The monoisotopic (exact) mass is 273 g/mol. The number of ketones is 1. The highest BCUT2D eigenvalue weighted by atomic mass is 16.5. The van der Waals surface area contributed by atoms with Gasteiger partial charge in [-0.2, -0.15) is 5.26 Å². The molecule has 2 rings (SSSR count). The SMILES string of the molecule is COc1ccc(OC)c(C(C#N)C(=O)C2CCCC2)c1. The van der Waals surface area contributed by atoms with Gasteiger partial charge in [-0.3, -0.25) is 4.79 Å². The highest BCUT2D eigenvalue weighted by molar-refractivity contribution is 5.91. The molecule has 1 saturated carbocycles. The van der Waals surface area contributed by atoms with E-state index in [1.54, 1.807) is 32.4 Å². The number of benzene rings is 1. The Balaban J connectivity index is 2.35. The summed E-state index contributed by atoms with van der Waals surface area (Å²) in [5.41, 5.74) is 0.603. The molecule has 1 unspecified atom stereocenters. The van der Waals surface area contributed by atoms with Crippen LogP contribution in [0.5, 0.6) is 11.5 Å². The second-order valence-corrected chi connectivity index (χ2v) is 5.05. The van der Waals surface area contributed by atoms with Crippen molar-refractivity contribution in [1.29, 1.82) is 5.26 Å². The van der Waals surface area contributed by atoms with Gasteiger partial charge < -0.3 is 9.47 Å². The number of carbonyl (C=O) groups is 1. The zero-order chi connectivity index (χ0) is 14.5. The van der Waals surface area contributed by atoms with Crippen LogP contribution in [0.3, 0.4) is 0 Å². The van der Waals surface area contributed by atoms with Crippen LogP contribution in [-0.4, -0.2) is 20.0 Å². The van der Waals surface area contributed by atoms with Crippen LogP contribution in [0.15, 0.2) is 18.2 Å². The molecule has 0 spiro atoms. The van der Waals surface area contributed by atoms with E-state index in [0.717, 1.165) is 25.7 Å². The molecule has 0 N–H and O–H groups in total. The summed E-state index contributed by atoms with van der Waals surface area (Å²) in [6, 6.07) is 7.36. The number of nitrogens with zero attached hydrogens (tertiary/aromatic N) is 1. The molecule has 0 aromatic heterocycles. The molecule has 106 valence electrons. The smallest absolute Gasteiger partial charge is 0.157 e. The van der Waals surface area contributed by atoms with Gasteiger partial charge >= 0.3 is 0 Å². The van der Waals surface area contributed by atoms with Crippen molar-refractivity contribution in [3.8, 4) is 17.6 Å². The lowest BCUT2D eigenvalue weighted by molar-refractivity contribution is -0.123. The zero-order valence-corrected chi connectivity index (χ0v) is 11.9. The van der Waals surface area contributed by atoms with Crippen molar-refractivity contribution in [3.05, 3.63) is 23.8 Å². The van der Waals surface area contributed by atoms with Crippen molar-refractivity contribution in [3.63, 3.8) is 0 Å². The lowest BCUT2D eigenvalue weighted by Crippen LogP contribution is -2.19. The first kappa shape index (κ1) is 14.4. The fraction of sp³-hybridized carbons (Fsp3) is 0.500. The number of carbonyl (C=O) groups excluding carboxylic acids is 1. The fourth-order valence-electron chi connectivity index (χ4n) is 2.80. The summed E-state index contributed by atoms with van der Waals surface area (Å²) in [5.74, 6) is 0.430. The molecule has 0 saturated heterocycles. The number of rotatable bonds is 5. The van der Waals surface area contributed by atoms with Crippen LogP contribution in [0, 0.1) is 17.2 Å². The maximum Gasteiger partial charge on any atom is 0.157 e. The van der Waals surface area contributed by atoms with E-state index in [4.69, 9.17) is 9.47 Å². The van der Waals surface area contributed by atoms with Gasteiger partial charge in [0.25, 0.3) is 0 Å². The summed E-state index contributed by atoms with van der Waals surface area (Å²) in [7, 11) is 3.10. The minimum atomic E-state index is -0.775. The average Bonchev–Trinajstić information content (AvgIpc) is 3.02. The van der Waals surface area contributed by atoms with E-state index in [9.17, 15) is 10.1 Å². The molecule has 1 atom stereocenters. The van der Waals surface area contributed by atoms with Gasteiger partial charge in [0, 0.05) is 11.5 Å². The Morgan fingerprint density at radius 3 is 2.55 bits per heavy atom. The topological polar surface area (TPSA) is 59.3 Å². The summed E-state index contributed by atoms with van der Waals surface area (Å²) in [6.45, 7) is 0. The molecule has 1 aliphatic rings. The van der Waals surface area contributed by atoms with E-state index < -0.39 is 5.92 Å². The first-order valence-electron chi connectivity index (χ1n) is 6.86. The lowest BCUT2D eigenvalue weighted by atomic mass is 9.87. The normalized spacial score (nSPS) is 16.4. The summed E-state index contributed by atoms with van der Waals surface area (Å²) in [4.78, 5) is 12.5. The van der Waals surface area contributed by atoms with Gasteiger partial charge in [0.2, 0.25) is 0 Å². The van der Waals surface area contributed by atoms with Crippen molar-refractivity contribution < 1.29 is 14.3 Å². The minimum absolute atomic E-state index is 0.00978. The number of hydrogen-bond donors (Lipinski definition) is 0. The Morgan fingerprint density at radius 1 is 1.30 bits per heavy atom. The molecule has 0 aliphatic heterocycles. The van der Waals surface area contributed by atoms with Crippen LogP contribution in [0.25, 0.3) is 0 Å². The number of ether oxygens (including phenoxy) is 2. The van der Waals surface area contributed by atoms with Gasteiger partial charge in [0.1, 0.15) is 17.4 Å². The zero-order valence-electron chi connectivity index (χ0n) is 11.9. The first-order chi connectivity index (χ1) is 9.71. The Hall–Kier alpha value is -2.02. The van der Waals surface area contributed by atoms with E-state index in [1.165, 1.54) is 0 Å². The van der Waals surface area contributed by atoms with Crippen LogP contribution in [-0.2, 0) is 4.79 Å². The Bertz CT molecular complexity index is 527. The molecule has 1 aliphatic carbocycles. The highest BCUT2D eigenvalue weighted by Gasteiger charge is 2.32. The average molecular weight is 273 g/mol. The highest BCUT2D eigenvalue weighted by Crippen LogP contribution is 2.36. The summed E-state index contributed by atoms with van der Waals surface area (Å²) in [5, 5.41) is 9.43. The summed E-state index contributed by atoms with van der Waals surface area (Å²) >= 11 is 0. The second-order valence-electron chi connectivity index (χ2n) is 5.05. The third-order valence-electron chi connectivity index (χ3n) is 3.92. The van der Waals surface area contributed by atoms with E-state index in [2.05, 4.69) is 6.07 Å². The predicted molar refractivity (Wildman–Crippen MR) is 74.9 cm³/mol. The third-order valence-corrected chi connectivity index (χ3v) is 3.92. The lowest BCUT2D eigenvalue weighted by Gasteiger charge is -2.17. The fourth-order valence-corrected chi connectivity index (χ4v) is 2.80. The summed E-state index contributed by atoms with van der Waals surface area (Å²) < 4.78 is 10.5. The molecule has 20 heavy (non-hydrogen) atoms. The van der Waals surface area contributed by atoms with Crippen LogP contribution in [0.4, 0.5) is 0 Å². The van der Waals surface area contributed by atoms with Gasteiger partial charge in [-0.1, -0.05) is 12.8 Å². The standard InChI is InChI=1S/C16H19NO3/c1-19-12-7-8-15(20-2)13(9-12)14(10-17)16(18)11-5-3-4-6-11/h7-9,11,14H,3-6H2,1-2H3. The third kappa shape index (κ3) is 2.77.